The molecule has 98 valence electrons. The van der Waals surface area contributed by atoms with Gasteiger partial charge in [-0.2, -0.15) is 0 Å². The van der Waals surface area contributed by atoms with Gasteiger partial charge >= 0.3 is 0 Å². The normalized spacial score (nSPS) is 11.9. The SMILES string of the molecule is Cc1nc(S(=O)(=O)Cl)cn1CCCn1ccnc1. The van der Waals surface area contributed by atoms with Gasteiger partial charge in [0.2, 0.25) is 0 Å². The maximum absolute atomic E-state index is 11.1. The number of nitrogens with zero attached hydrogens (tertiary/aromatic N) is 4. The van der Waals surface area contributed by atoms with Crippen molar-refractivity contribution in [2.75, 3.05) is 0 Å². The molecule has 2 heterocycles. The fourth-order valence-electron chi connectivity index (χ4n) is 1.67. The fourth-order valence-corrected chi connectivity index (χ4v) is 2.38. The molecule has 0 saturated carbocycles. The van der Waals surface area contributed by atoms with E-state index >= 15 is 0 Å². The van der Waals surface area contributed by atoms with Gasteiger partial charge in [-0.15, -0.1) is 0 Å². The van der Waals surface area contributed by atoms with Gasteiger partial charge in [0.05, 0.1) is 6.33 Å². The van der Waals surface area contributed by atoms with Crippen LogP contribution in [0.3, 0.4) is 0 Å². The second-order valence-corrected chi connectivity index (χ2v) is 6.42. The molecule has 0 aliphatic rings. The Morgan fingerprint density at radius 2 is 2.17 bits per heavy atom. The maximum atomic E-state index is 11.1. The molecule has 0 aromatic carbocycles. The highest BCUT2D eigenvalue weighted by Gasteiger charge is 2.15. The van der Waals surface area contributed by atoms with Crippen LogP contribution < -0.4 is 0 Å². The Morgan fingerprint density at radius 3 is 2.72 bits per heavy atom. The minimum atomic E-state index is -3.75. The van der Waals surface area contributed by atoms with Crippen LogP contribution in [0.2, 0.25) is 0 Å². The van der Waals surface area contributed by atoms with Gasteiger partial charge in [-0.1, -0.05) is 0 Å². The Balaban J connectivity index is 2.00. The summed E-state index contributed by atoms with van der Waals surface area (Å²) in [5.41, 5.74) is 0. The van der Waals surface area contributed by atoms with Crippen molar-refractivity contribution in [3.63, 3.8) is 0 Å². The maximum Gasteiger partial charge on any atom is 0.280 e. The van der Waals surface area contributed by atoms with E-state index in [0.29, 0.717) is 12.4 Å². The summed E-state index contributed by atoms with van der Waals surface area (Å²) in [5.74, 6) is 0.639. The first-order chi connectivity index (χ1) is 8.47. The summed E-state index contributed by atoms with van der Waals surface area (Å²) in [4.78, 5) is 7.87. The third-order valence-corrected chi connectivity index (χ3v) is 3.75. The number of aryl methyl sites for hydroxylation is 3. The summed E-state index contributed by atoms with van der Waals surface area (Å²) in [6.07, 6.45) is 7.67. The van der Waals surface area contributed by atoms with E-state index in [9.17, 15) is 8.42 Å². The van der Waals surface area contributed by atoms with Crippen molar-refractivity contribution >= 4 is 19.7 Å². The van der Waals surface area contributed by atoms with Crippen LogP contribution in [0, 0.1) is 6.92 Å². The minimum absolute atomic E-state index is 0.0932. The quantitative estimate of drug-likeness (QED) is 0.780. The van der Waals surface area contributed by atoms with Gasteiger partial charge in [0, 0.05) is 42.4 Å². The van der Waals surface area contributed by atoms with Crippen LogP contribution in [0.1, 0.15) is 12.2 Å². The third kappa shape index (κ3) is 3.11. The van der Waals surface area contributed by atoms with Gasteiger partial charge in [0.1, 0.15) is 5.82 Å². The number of rotatable bonds is 5. The molecular weight excluding hydrogens is 276 g/mol. The topological polar surface area (TPSA) is 69.8 Å². The third-order valence-electron chi connectivity index (χ3n) is 2.58. The van der Waals surface area contributed by atoms with Crippen LogP contribution in [-0.4, -0.2) is 27.5 Å². The van der Waals surface area contributed by atoms with Gasteiger partial charge in [-0.25, -0.2) is 18.4 Å². The number of imidazole rings is 2. The Kier molecular flexibility index (Phi) is 3.72. The van der Waals surface area contributed by atoms with E-state index in [1.54, 1.807) is 24.0 Å². The molecule has 0 fully saturated rings. The minimum Gasteiger partial charge on any atom is -0.337 e. The van der Waals surface area contributed by atoms with E-state index < -0.39 is 9.05 Å². The first kappa shape index (κ1) is 13.1. The van der Waals surface area contributed by atoms with E-state index in [1.165, 1.54) is 6.20 Å². The van der Waals surface area contributed by atoms with E-state index in [4.69, 9.17) is 10.7 Å². The second-order valence-electron chi connectivity index (χ2n) is 3.91. The summed E-state index contributed by atoms with van der Waals surface area (Å²) in [6, 6.07) is 0. The zero-order valence-corrected chi connectivity index (χ0v) is 11.4. The van der Waals surface area contributed by atoms with Gasteiger partial charge in [-0.05, 0) is 13.3 Å². The summed E-state index contributed by atoms with van der Waals surface area (Å²) >= 11 is 0. The predicted molar refractivity (Wildman–Crippen MR) is 66.8 cm³/mol. The number of aromatic nitrogens is 4. The molecule has 0 amide bonds. The molecule has 18 heavy (non-hydrogen) atoms. The second kappa shape index (κ2) is 5.11. The predicted octanol–water partition coefficient (Wildman–Crippen LogP) is 1.41. The highest BCUT2D eigenvalue weighted by Crippen LogP contribution is 2.14. The summed E-state index contributed by atoms with van der Waals surface area (Å²) in [5, 5.41) is -0.0932. The standard InChI is InChI=1S/C10H13ClN4O2S/c1-9-13-10(18(11,16)17)7-15(9)5-2-4-14-6-3-12-8-14/h3,6-8H,2,4-5H2,1H3. The molecule has 0 saturated heterocycles. The van der Waals surface area contributed by atoms with E-state index in [1.807, 2.05) is 10.8 Å². The van der Waals surface area contributed by atoms with Gasteiger partial charge < -0.3 is 9.13 Å². The van der Waals surface area contributed by atoms with Crippen molar-refractivity contribution < 1.29 is 8.42 Å². The lowest BCUT2D eigenvalue weighted by Gasteiger charge is -2.04. The molecule has 8 heteroatoms. The highest BCUT2D eigenvalue weighted by atomic mass is 35.7. The molecule has 0 unspecified atom stereocenters. The zero-order chi connectivity index (χ0) is 13.2. The van der Waals surface area contributed by atoms with Crippen LogP contribution in [0.15, 0.2) is 29.9 Å². The molecule has 0 aliphatic carbocycles. The molecule has 2 aromatic heterocycles. The van der Waals surface area contributed by atoms with Crippen molar-refractivity contribution in [2.24, 2.45) is 0 Å². The Labute approximate surface area is 110 Å². The lowest BCUT2D eigenvalue weighted by atomic mass is 10.4. The molecule has 6 nitrogen and oxygen atoms in total. The van der Waals surface area contributed by atoms with E-state index in [-0.39, 0.29) is 5.03 Å². The van der Waals surface area contributed by atoms with Crippen molar-refractivity contribution in [3.8, 4) is 0 Å². The van der Waals surface area contributed by atoms with Crippen LogP contribution in [0.4, 0.5) is 0 Å². The molecule has 0 atom stereocenters. The fraction of sp³-hybridized carbons (Fsp3) is 0.400. The monoisotopic (exact) mass is 288 g/mol. The molecule has 0 aliphatic heterocycles. The highest BCUT2D eigenvalue weighted by molar-refractivity contribution is 8.13. The van der Waals surface area contributed by atoms with Gasteiger partial charge in [0.15, 0.2) is 5.03 Å². The average molecular weight is 289 g/mol. The van der Waals surface area contributed by atoms with Gasteiger partial charge in [-0.3, -0.25) is 0 Å². The lowest BCUT2D eigenvalue weighted by molar-refractivity contribution is 0.554. The molecule has 0 radical (unpaired) electrons. The summed E-state index contributed by atoms with van der Waals surface area (Å²) < 4.78 is 26.0. The number of halogens is 1. The molecule has 2 aromatic rings. The summed E-state index contributed by atoms with van der Waals surface area (Å²) in [6.45, 7) is 3.26. The lowest BCUT2D eigenvalue weighted by Crippen LogP contribution is -2.03. The smallest absolute Gasteiger partial charge is 0.280 e. The zero-order valence-electron chi connectivity index (χ0n) is 9.82. The molecule has 0 spiro atoms. The molecular formula is C10H13ClN4O2S. The van der Waals surface area contributed by atoms with Crippen molar-refractivity contribution in [2.45, 2.75) is 31.5 Å². The van der Waals surface area contributed by atoms with Gasteiger partial charge in [0.25, 0.3) is 9.05 Å². The molecule has 0 N–H and O–H groups in total. The van der Waals surface area contributed by atoms with Crippen molar-refractivity contribution in [1.29, 1.82) is 0 Å². The van der Waals surface area contributed by atoms with Crippen LogP contribution in [0.25, 0.3) is 0 Å². The van der Waals surface area contributed by atoms with Crippen LogP contribution in [0.5, 0.6) is 0 Å². The van der Waals surface area contributed by atoms with E-state index in [0.717, 1.165) is 13.0 Å². The van der Waals surface area contributed by atoms with Crippen molar-refractivity contribution in [1.82, 2.24) is 19.1 Å². The van der Waals surface area contributed by atoms with E-state index in [2.05, 4.69) is 9.97 Å². The van der Waals surface area contributed by atoms with Crippen LogP contribution >= 0.6 is 10.7 Å². The molecule has 0 bridgehead atoms. The number of hydrogen-bond donors (Lipinski definition) is 0. The first-order valence-electron chi connectivity index (χ1n) is 5.41. The Morgan fingerprint density at radius 1 is 1.39 bits per heavy atom. The Hall–Kier alpha value is -1.34. The molecule has 2 rings (SSSR count). The Bertz CT molecular complexity index is 618. The van der Waals surface area contributed by atoms with Crippen molar-refractivity contribution in [3.05, 3.63) is 30.7 Å². The number of hydrogen-bond acceptors (Lipinski definition) is 4. The first-order valence-corrected chi connectivity index (χ1v) is 7.72. The summed E-state index contributed by atoms with van der Waals surface area (Å²) in [7, 11) is 1.50. The average Bonchev–Trinajstić information content (AvgIpc) is 2.88. The van der Waals surface area contributed by atoms with Crippen LogP contribution in [-0.2, 0) is 22.1 Å². The largest absolute Gasteiger partial charge is 0.337 e.